The Morgan fingerprint density at radius 3 is 2.62 bits per heavy atom. The summed E-state index contributed by atoms with van der Waals surface area (Å²) in [5.74, 6) is -0.643. The summed E-state index contributed by atoms with van der Waals surface area (Å²) >= 11 is 0. The summed E-state index contributed by atoms with van der Waals surface area (Å²) < 4.78 is 11.3. The van der Waals surface area contributed by atoms with Crippen molar-refractivity contribution >= 4 is 5.97 Å². The highest BCUT2D eigenvalue weighted by atomic mass is 16.6. The highest BCUT2D eigenvalue weighted by Gasteiger charge is 2.44. The van der Waals surface area contributed by atoms with Gasteiger partial charge in [0.1, 0.15) is 24.4 Å². The molecule has 0 bridgehead atoms. The molecule has 4 N–H and O–H groups in total. The van der Waals surface area contributed by atoms with Crippen molar-refractivity contribution in [2.75, 3.05) is 13.7 Å². The minimum Gasteiger partial charge on any atom is -0.464 e. The molecule has 0 amide bonds. The van der Waals surface area contributed by atoms with Crippen LogP contribution in [0.4, 0.5) is 0 Å². The number of methoxy groups -OCH3 is 1. The number of aliphatic hydroxyl groups is 4. The van der Waals surface area contributed by atoms with E-state index in [1.807, 2.05) is 0 Å². The van der Waals surface area contributed by atoms with Gasteiger partial charge in [0.15, 0.2) is 11.9 Å². The number of imidazole rings is 1. The number of aliphatic hydroxyl groups excluding tert-OH is 4. The van der Waals surface area contributed by atoms with Crippen LogP contribution in [0.15, 0.2) is 6.33 Å². The van der Waals surface area contributed by atoms with Gasteiger partial charge in [0.25, 0.3) is 0 Å². The second kappa shape index (κ2) is 6.08. The van der Waals surface area contributed by atoms with E-state index in [0.29, 0.717) is 5.69 Å². The summed E-state index contributed by atoms with van der Waals surface area (Å²) in [5, 5.41) is 38.7. The fourth-order valence-corrected chi connectivity index (χ4v) is 2.29. The SMILES string of the molecule is COC(=O)c1ncn([C@@H]2O[C@H](CO)[C@@H](O)[C@H](O)[C@H]2O)c1C. The smallest absolute Gasteiger partial charge is 0.358 e. The number of carbonyl (C=O) groups is 1. The van der Waals surface area contributed by atoms with Crippen LogP contribution in [0.1, 0.15) is 22.4 Å². The Morgan fingerprint density at radius 1 is 1.38 bits per heavy atom. The molecule has 5 atom stereocenters. The molecule has 1 aromatic rings. The lowest BCUT2D eigenvalue weighted by Gasteiger charge is -2.40. The molecule has 9 nitrogen and oxygen atoms in total. The summed E-state index contributed by atoms with van der Waals surface area (Å²) in [5.41, 5.74) is 0.417. The molecule has 1 aromatic heterocycles. The highest BCUT2D eigenvalue weighted by molar-refractivity contribution is 5.88. The van der Waals surface area contributed by atoms with Crippen molar-refractivity contribution in [2.45, 2.75) is 37.6 Å². The third-order valence-corrected chi connectivity index (χ3v) is 3.56. The van der Waals surface area contributed by atoms with E-state index in [1.165, 1.54) is 18.0 Å². The van der Waals surface area contributed by atoms with Crippen LogP contribution in [0.25, 0.3) is 0 Å². The van der Waals surface area contributed by atoms with Gasteiger partial charge in [0.2, 0.25) is 0 Å². The van der Waals surface area contributed by atoms with Crippen molar-refractivity contribution in [1.82, 2.24) is 9.55 Å². The van der Waals surface area contributed by atoms with E-state index in [2.05, 4.69) is 9.72 Å². The van der Waals surface area contributed by atoms with Crippen molar-refractivity contribution in [1.29, 1.82) is 0 Å². The molecule has 0 radical (unpaired) electrons. The molecule has 0 aliphatic carbocycles. The number of esters is 1. The Balaban J connectivity index is 2.32. The second-order valence-corrected chi connectivity index (χ2v) is 4.80. The van der Waals surface area contributed by atoms with E-state index in [0.717, 1.165) is 0 Å². The van der Waals surface area contributed by atoms with E-state index in [1.54, 1.807) is 6.92 Å². The Hall–Kier alpha value is -1.52. The Labute approximate surface area is 120 Å². The molecule has 118 valence electrons. The number of aromatic nitrogens is 2. The summed E-state index contributed by atoms with van der Waals surface area (Å²) in [6.07, 6.45) is -5.24. The normalized spacial score (nSPS) is 33.0. The first-order valence-electron chi connectivity index (χ1n) is 6.34. The summed E-state index contributed by atoms with van der Waals surface area (Å²) in [6, 6.07) is 0. The van der Waals surface area contributed by atoms with Crippen LogP contribution in [-0.4, -0.2) is 74.1 Å². The maximum absolute atomic E-state index is 11.5. The van der Waals surface area contributed by atoms with Gasteiger partial charge in [-0.25, -0.2) is 9.78 Å². The lowest BCUT2D eigenvalue weighted by Crippen LogP contribution is -2.56. The lowest BCUT2D eigenvalue weighted by molar-refractivity contribution is -0.251. The molecule has 1 aliphatic rings. The van der Waals surface area contributed by atoms with Crippen LogP contribution < -0.4 is 0 Å². The van der Waals surface area contributed by atoms with Crippen molar-refractivity contribution in [2.24, 2.45) is 0 Å². The molecule has 1 aliphatic heterocycles. The minimum atomic E-state index is -1.50. The maximum Gasteiger partial charge on any atom is 0.358 e. The zero-order valence-electron chi connectivity index (χ0n) is 11.6. The average molecular weight is 302 g/mol. The molecule has 0 spiro atoms. The molecule has 0 saturated carbocycles. The van der Waals surface area contributed by atoms with Gasteiger partial charge in [-0.1, -0.05) is 0 Å². The zero-order valence-corrected chi connectivity index (χ0v) is 11.6. The average Bonchev–Trinajstić information content (AvgIpc) is 2.86. The van der Waals surface area contributed by atoms with Crippen LogP contribution >= 0.6 is 0 Å². The van der Waals surface area contributed by atoms with Gasteiger partial charge in [-0.2, -0.15) is 0 Å². The monoisotopic (exact) mass is 302 g/mol. The standard InChI is InChI=1S/C12H18N2O7/c1-5-7(12(19)20-2)13-4-14(5)11-10(18)9(17)8(16)6(3-15)21-11/h4,6,8-11,15-18H,3H2,1-2H3/t6-,8-,9+,10-,11-/m1/s1. The van der Waals surface area contributed by atoms with Gasteiger partial charge in [0.05, 0.1) is 25.7 Å². The van der Waals surface area contributed by atoms with Crippen molar-refractivity contribution in [3.63, 3.8) is 0 Å². The Kier molecular flexibility index (Phi) is 4.59. The van der Waals surface area contributed by atoms with Crippen LogP contribution in [-0.2, 0) is 9.47 Å². The Morgan fingerprint density at radius 2 is 2.05 bits per heavy atom. The summed E-state index contributed by atoms with van der Waals surface area (Å²) in [4.78, 5) is 15.4. The number of ether oxygens (including phenoxy) is 2. The van der Waals surface area contributed by atoms with Gasteiger partial charge in [-0.05, 0) is 6.92 Å². The molecule has 9 heteroatoms. The van der Waals surface area contributed by atoms with E-state index in [-0.39, 0.29) is 5.69 Å². The predicted octanol–water partition coefficient (Wildman–Crippen LogP) is -2.05. The molecular weight excluding hydrogens is 284 g/mol. The number of hydrogen-bond acceptors (Lipinski definition) is 8. The largest absolute Gasteiger partial charge is 0.464 e. The first-order valence-corrected chi connectivity index (χ1v) is 6.34. The fourth-order valence-electron chi connectivity index (χ4n) is 2.29. The van der Waals surface area contributed by atoms with Crippen molar-refractivity contribution in [3.8, 4) is 0 Å². The minimum absolute atomic E-state index is 0.0504. The van der Waals surface area contributed by atoms with Crippen LogP contribution in [0, 0.1) is 6.92 Å². The third-order valence-electron chi connectivity index (χ3n) is 3.56. The quantitative estimate of drug-likeness (QED) is 0.469. The lowest BCUT2D eigenvalue weighted by atomic mass is 9.98. The second-order valence-electron chi connectivity index (χ2n) is 4.80. The van der Waals surface area contributed by atoms with Crippen LogP contribution in [0.5, 0.6) is 0 Å². The summed E-state index contributed by atoms with van der Waals surface area (Å²) in [6.45, 7) is 1.04. The molecule has 2 heterocycles. The first-order chi connectivity index (χ1) is 9.92. The molecule has 0 aromatic carbocycles. The predicted molar refractivity (Wildman–Crippen MR) is 67.3 cm³/mol. The molecule has 21 heavy (non-hydrogen) atoms. The third kappa shape index (κ3) is 2.65. The van der Waals surface area contributed by atoms with Crippen molar-refractivity contribution in [3.05, 3.63) is 17.7 Å². The fraction of sp³-hybridized carbons (Fsp3) is 0.667. The number of carbonyl (C=O) groups excluding carboxylic acids is 1. The van der Waals surface area contributed by atoms with Gasteiger partial charge >= 0.3 is 5.97 Å². The van der Waals surface area contributed by atoms with Crippen LogP contribution in [0.3, 0.4) is 0 Å². The van der Waals surface area contributed by atoms with E-state index >= 15 is 0 Å². The topological polar surface area (TPSA) is 134 Å². The highest BCUT2D eigenvalue weighted by Crippen LogP contribution is 2.29. The molecule has 2 rings (SSSR count). The van der Waals surface area contributed by atoms with E-state index in [9.17, 15) is 20.1 Å². The molecule has 1 saturated heterocycles. The van der Waals surface area contributed by atoms with Gasteiger partial charge < -0.3 is 34.5 Å². The maximum atomic E-state index is 11.5. The molecule has 0 unspecified atom stereocenters. The van der Waals surface area contributed by atoms with Crippen LogP contribution in [0.2, 0.25) is 0 Å². The zero-order chi connectivity index (χ0) is 15.7. The van der Waals surface area contributed by atoms with Crippen molar-refractivity contribution < 1.29 is 34.7 Å². The summed E-state index contributed by atoms with van der Waals surface area (Å²) in [7, 11) is 1.22. The van der Waals surface area contributed by atoms with E-state index in [4.69, 9.17) is 9.84 Å². The van der Waals surface area contributed by atoms with Gasteiger partial charge in [0, 0.05) is 0 Å². The number of hydrogen-bond donors (Lipinski definition) is 4. The van der Waals surface area contributed by atoms with Gasteiger partial charge in [-0.15, -0.1) is 0 Å². The number of nitrogens with zero attached hydrogens (tertiary/aromatic N) is 2. The Bertz CT molecular complexity index is 516. The van der Waals surface area contributed by atoms with Gasteiger partial charge in [-0.3, -0.25) is 0 Å². The van der Waals surface area contributed by atoms with E-state index < -0.39 is 43.2 Å². The molecular formula is C12H18N2O7. The number of rotatable bonds is 3. The molecule has 1 fully saturated rings. The first kappa shape index (κ1) is 15.9.